The zero-order valence-electron chi connectivity index (χ0n) is 10.0. The Morgan fingerprint density at radius 3 is 2.70 bits per heavy atom. The Kier molecular flexibility index (Phi) is 3.68. The number of nitriles is 1. The molecule has 0 aliphatic rings. The predicted octanol–water partition coefficient (Wildman–Crippen LogP) is 2.04. The molecule has 0 saturated heterocycles. The van der Waals surface area contributed by atoms with Crippen LogP contribution in [0.15, 0.2) is 23.1 Å². The molecule has 5 nitrogen and oxygen atoms in total. The summed E-state index contributed by atoms with van der Waals surface area (Å²) >= 11 is 5.73. The molecular formula is C12H6ClF2N3O2. The SMILES string of the molecule is COc1cnn(-c2cc(F)c(C#N)cc2F)c(=O)c1Cl. The van der Waals surface area contributed by atoms with Gasteiger partial charge in [-0.25, -0.2) is 8.78 Å². The Balaban J connectivity index is 2.71. The number of rotatable bonds is 2. The quantitative estimate of drug-likeness (QED) is 0.850. The van der Waals surface area contributed by atoms with Crippen molar-refractivity contribution in [3.8, 4) is 17.5 Å². The van der Waals surface area contributed by atoms with Gasteiger partial charge in [0.05, 0.1) is 18.9 Å². The van der Waals surface area contributed by atoms with Gasteiger partial charge >= 0.3 is 0 Å². The Morgan fingerprint density at radius 2 is 2.10 bits per heavy atom. The van der Waals surface area contributed by atoms with E-state index in [0.717, 1.165) is 6.20 Å². The van der Waals surface area contributed by atoms with Crippen molar-refractivity contribution in [3.63, 3.8) is 0 Å². The first kappa shape index (κ1) is 14.0. The van der Waals surface area contributed by atoms with Crippen LogP contribution >= 0.6 is 11.6 Å². The number of halogens is 3. The number of hydrogen-bond acceptors (Lipinski definition) is 4. The van der Waals surface area contributed by atoms with Crippen molar-refractivity contribution >= 4 is 11.6 Å². The molecule has 0 saturated carbocycles. The minimum absolute atomic E-state index is 0.0161. The zero-order chi connectivity index (χ0) is 14.9. The fourth-order valence-electron chi connectivity index (χ4n) is 1.52. The first-order chi connectivity index (χ1) is 9.49. The van der Waals surface area contributed by atoms with E-state index in [-0.39, 0.29) is 10.8 Å². The van der Waals surface area contributed by atoms with Crippen molar-refractivity contribution in [1.29, 1.82) is 5.26 Å². The number of ether oxygens (including phenoxy) is 1. The highest BCUT2D eigenvalue weighted by Crippen LogP contribution is 2.21. The van der Waals surface area contributed by atoms with Crippen molar-refractivity contribution < 1.29 is 13.5 Å². The molecule has 0 N–H and O–H groups in total. The van der Waals surface area contributed by atoms with E-state index in [2.05, 4.69) is 5.10 Å². The molecule has 2 rings (SSSR count). The van der Waals surface area contributed by atoms with Crippen LogP contribution < -0.4 is 10.3 Å². The van der Waals surface area contributed by atoms with Crippen LogP contribution in [0.1, 0.15) is 5.56 Å². The molecule has 0 spiro atoms. The third-order valence-corrected chi connectivity index (χ3v) is 2.84. The van der Waals surface area contributed by atoms with E-state index in [4.69, 9.17) is 21.6 Å². The second-order valence-electron chi connectivity index (χ2n) is 3.64. The van der Waals surface area contributed by atoms with Crippen LogP contribution in [-0.2, 0) is 0 Å². The molecule has 0 radical (unpaired) electrons. The topological polar surface area (TPSA) is 67.9 Å². The highest BCUT2D eigenvalue weighted by Gasteiger charge is 2.16. The first-order valence-electron chi connectivity index (χ1n) is 5.21. The second kappa shape index (κ2) is 5.27. The number of aromatic nitrogens is 2. The summed E-state index contributed by atoms with van der Waals surface area (Å²) in [7, 11) is 1.29. The summed E-state index contributed by atoms with van der Waals surface area (Å²) in [6, 6.07) is 2.87. The van der Waals surface area contributed by atoms with Gasteiger partial charge in [-0.2, -0.15) is 15.0 Å². The lowest BCUT2D eigenvalue weighted by Gasteiger charge is -2.08. The van der Waals surface area contributed by atoms with Crippen LogP contribution in [-0.4, -0.2) is 16.9 Å². The maximum Gasteiger partial charge on any atom is 0.294 e. The monoisotopic (exact) mass is 297 g/mol. The lowest BCUT2D eigenvalue weighted by atomic mass is 10.2. The van der Waals surface area contributed by atoms with Gasteiger partial charge in [0.15, 0.2) is 16.6 Å². The first-order valence-corrected chi connectivity index (χ1v) is 5.58. The molecule has 20 heavy (non-hydrogen) atoms. The molecular weight excluding hydrogens is 292 g/mol. The molecule has 1 aromatic heterocycles. The average Bonchev–Trinajstić information content (AvgIpc) is 2.44. The van der Waals surface area contributed by atoms with Crippen LogP contribution in [0.25, 0.3) is 5.69 Å². The maximum atomic E-state index is 13.8. The van der Waals surface area contributed by atoms with Gasteiger partial charge in [-0.15, -0.1) is 0 Å². The number of benzene rings is 1. The number of methoxy groups -OCH3 is 1. The van der Waals surface area contributed by atoms with Gasteiger partial charge in [0.2, 0.25) is 0 Å². The smallest absolute Gasteiger partial charge is 0.294 e. The van der Waals surface area contributed by atoms with Gasteiger partial charge in [0, 0.05) is 6.07 Å². The van der Waals surface area contributed by atoms with Gasteiger partial charge in [-0.3, -0.25) is 4.79 Å². The highest BCUT2D eigenvalue weighted by atomic mass is 35.5. The van der Waals surface area contributed by atoms with E-state index in [1.807, 2.05) is 0 Å². The predicted molar refractivity (Wildman–Crippen MR) is 66.0 cm³/mol. The van der Waals surface area contributed by atoms with E-state index in [1.54, 1.807) is 0 Å². The second-order valence-corrected chi connectivity index (χ2v) is 4.02. The van der Waals surface area contributed by atoms with Crippen molar-refractivity contribution in [2.75, 3.05) is 7.11 Å². The zero-order valence-corrected chi connectivity index (χ0v) is 10.8. The normalized spacial score (nSPS) is 10.2. The Hall–Kier alpha value is -2.46. The molecule has 0 bridgehead atoms. The van der Waals surface area contributed by atoms with Crippen LogP contribution in [0.2, 0.25) is 5.02 Å². The van der Waals surface area contributed by atoms with Crippen LogP contribution in [0.5, 0.6) is 5.75 Å². The minimum atomic E-state index is -0.973. The summed E-state index contributed by atoms with van der Waals surface area (Å²) < 4.78 is 32.7. The molecule has 0 aliphatic carbocycles. The minimum Gasteiger partial charge on any atom is -0.493 e. The van der Waals surface area contributed by atoms with Crippen molar-refractivity contribution in [2.45, 2.75) is 0 Å². The summed E-state index contributed by atoms with van der Waals surface area (Å²) in [4.78, 5) is 11.9. The lowest BCUT2D eigenvalue weighted by Crippen LogP contribution is -2.23. The molecule has 2 aromatic rings. The summed E-state index contributed by atoms with van der Waals surface area (Å²) in [5, 5.41) is 11.9. The molecule has 0 amide bonds. The summed E-state index contributed by atoms with van der Waals surface area (Å²) in [5.74, 6) is -1.93. The summed E-state index contributed by atoms with van der Waals surface area (Å²) in [6.07, 6.45) is 1.10. The summed E-state index contributed by atoms with van der Waals surface area (Å²) in [6.45, 7) is 0. The van der Waals surface area contributed by atoms with Gasteiger partial charge in [-0.1, -0.05) is 11.6 Å². The molecule has 0 atom stereocenters. The Morgan fingerprint density at radius 1 is 1.40 bits per heavy atom. The molecule has 0 fully saturated rings. The third-order valence-electron chi connectivity index (χ3n) is 2.49. The van der Waals surface area contributed by atoms with E-state index in [0.29, 0.717) is 16.8 Å². The average molecular weight is 298 g/mol. The van der Waals surface area contributed by atoms with Crippen LogP contribution in [0.3, 0.4) is 0 Å². The van der Waals surface area contributed by atoms with E-state index < -0.39 is 28.4 Å². The van der Waals surface area contributed by atoms with Gasteiger partial charge < -0.3 is 4.74 Å². The lowest BCUT2D eigenvalue weighted by molar-refractivity contribution is 0.409. The molecule has 0 unspecified atom stereocenters. The van der Waals surface area contributed by atoms with E-state index in [9.17, 15) is 13.6 Å². The van der Waals surface area contributed by atoms with E-state index in [1.165, 1.54) is 13.2 Å². The van der Waals surface area contributed by atoms with Crippen molar-refractivity contribution in [1.82, 2.24) is 9.78 Å². The molecule has 1 heterocycles. The Bertz CT molecular complexity index is 783. The molecule has 8 heteroatoms. The third kappa shape index (κ3) is 2.21. The fourth-order valence-corrected chi connectivity index (χ4v) is 1.72. The maximum absolute atomic E-state index is 13.8. The van der Waals surface area contributed by atoms with Crippen LogP contribution in [0.4, 0.5) is 8.78 Å². The van der Waals surface area contributed by atoms with Gasteiger partial charge in [0.25, 0.3) is 5.56 Å². The number of hydrogen-bond donors (Lipinski definition) is 0. The number of nitrogens with zero attached hydrogens (tertiary/aromatic N) is 3. The molecule has 102 valence electrons. The highest BCUT2D eigenvalue weighted by molar-refractivity contribution is 6.31. The van der Waals surface area contributed by atoms with Gasteiger partial charge in [-0.05, 0) is 6.07 Å². The van der Waals surface area contributed by atoms with Crippen molar-refractivity contribution in [3.05, 3.63) is 50.9 Å². The van der Waals surface area contributed by atoms with E-state index >= 15 is 0 Å². The molecule has 0 aliphatic heterocycles. The van der Waals surface area contributed by atoms with Crippen LogP contribution in [0, 0.1) is 23.0 Å². The standard InChI is InChI=1S/C12H6ClF2N3O2/c1-20-10-5-17-18(12(19)11(10)13)9-3-7(14)6(4-16)2-8(9)15/h2-3,5H,1H3. The summed E-state index contributed by atoms with van der Waals surface area (Å²) in [5.41, 5.74) is -1.79. The van der Waals surface area contributed by atoms with Crippen molar-refractivity contribution in [2.24, 2.45) is 0 Å². The largest absolute Gasteiger partial charge is 0.493 e. The molecule has 1 aromatic carbocycles. The Labute approximate surface area is 116 Å². The fraction of sp³-hybridized carbons (Fsp3) is 0.0833. The van der Waals surface area contributed by atoms with Gasteiger partial charge in [0.1, 0.15) is 17.6 Å².